The van der Waals surface area contributed by atoms with Crippen molar-refractivity contribution in [2.24, 2.45) is 4.99 Å². The van der Waals surface area contributed by atoms with E-state index in [1.165, 1.54) is 6.07 Å². The average molecular weight is 273 g/mol. The fraction of sp³-hybridized carbons (Fsp3) is 0.417. The first-order valence-corrected chi connectivity index (χ1v) is 6.94. The molecule has 0 saturated carbocycles. The second-order valence-electron chi connectivity index (χ2n) is 3.58. The maximum atomic E-state index is 13.4. The van der Waals surface area contributed by atoms with Gasteiger partial charge >= 0.3 is 0 Å². The number of guanidine groups is 1. The predicted molar refractivity (Wildman–Crippen MR) is 72.9 cm³/mol. The molecule has 0 aromatic heterocycles. The van der Waals surface area contributed by atoms with E-state index in [2.05, 4.69) is 15.6 Å². The Labute approximate surface area is 110 Å². The molecule has 0 amide bonds. The van der Waals surface area contributed by atoms with Gasteiger partial charge in [-0.15, -0.1) is 0 Å². The van der Waals surface area contributed by atoms with Crippen LogP contribution in [-0.4, -0.2) is 31.6 Å². The van der Waals surface area contributed by atoms with Crippen LogP contribution in [0.2, 0.25) is 0 Å². The second-order valence-corrected chi connectivity index (χ2v) is 4.57. The van der Waals surface area contributed by atoms with Crippen LogP contribution in [0.5, 0.6) is 0 Å². The fourth-order valence-electron chi connectivity index (χ4n) is 1.35. The number of nitrogens with zero attached hydrogens (tertiary/aromatic N) is 1. The summed E-state index contributed by atoms with van der Waals surface area (Å²) in [6.45, 7) is 0.967. The van der Waals surface area contributed by atoms with Gasteiger partial charge in [0, 0.05) is 31.5 Å². The van der Waals surface area contributed by atoms with Gasteiger partial charge < -0.3 is 10.6 Å². The van der Waals surface area contributed by atoms with Crippen LogP contribution in [0.15, 0.2) is 23.2 Å². The Hall–Kier alpha value is -1.30. The third kappa shape index (κ3) is 4.91. The number of thioether (sulfide) groups is 1. The normalized spacial score (nSPS) is 11.4. The van der Waals surface area contributed by atoms with E-state index in [1.807, 2.05) is 6.26 Å². The van der Waals surface area contributed by atoms with Crippen molar-refractivity contribution in [2.75, 3.05) is 25.6 Å². The molecule has 0 fully saturated rings. The van der Waals surface area contributed by atoms with E-state index in [4.69, 9.17) is 0 Å². The minimum absolute atomic E-state index is 0.197. The van der Waals surface area contributed by atoms with E-state index in [0.717, 1.165) is 24.4 Å². The maximum Gasteiger partial charge on any atom is 0.191 e. The molecule has 0 unspecified atom stereocenters. The Kier molecular flexibility index (Phi) is 6.49. The standard InChI is InChI=1S/C12H17F2N3S/c1-15-12(16-5-6-18-2)17-8-9-7-10(13)3-4-11(9)14/h3-4,7H,5-6,8H2,1-2H3,(H2,15,16,17). The zero-order valence-corrected chi connectivity index (χ0v) is 11.3. The quantitative estimate of drug-likeness (QED) is 0.489. The molecule has 100 valence electrons. The molecule has 18 heavy (non-hydrogen) atoms. The maximum absolute atomic E-state index is 13.4. The molecule has 0 radical (unpaired) electrons. The highest BCUT2D eigenvalue weighted by Crippen LogP contribution is 2.08. The summed E-state index contributed by atoms with van der Waals surface area (Å²) in [6.07, 6.45) is 2.01. The molecule has 0 aliphatic carbocycles. The molecule has 0 aliphatic heterocycles. The second kappa shape index (κ2) is 7.92. The van der Waals surface area contributed by atoms with Gasteiger partial charge in [-0.1, -0.05) is 0 Å². The first kappa shape index (κ1) is 14.8. The van der Waals surface area contributed by atoms with E-state index in [9.17, 15) is 8.78 Å². The smallest absolute Gasteiger partial charge is 0.191 e. The Morgan fingerprint density at radius 3 is 2.78 bits per heavy atom. The number of halogens is 2. The number of rotatable bonds is 5. The Morgan fingerprint density at radius 2 is 2.11 bits per heavy atom. The summed E-state index contributed by atoms with van der Waals surface area (Å²) in [5, 5.41) is 6.01. The summed E-state index contributed by atoms with van der Waals surface area (Å²) in [7, 11) is 1.64. The highest BCUT2D eigenvalue weighted by atomic mass is 32.2. The molecule has 1 aromatic rings. The molecule has 0 spiro atoms. The van der Waals surface area contributed by atoms with Gasteiger partial charge in [0.25, 0.3) is 0 Å². The largest absolute Gasteiger partial charge is 0.356 e. The third-order valence-electron chi connectivity index (χ3n) is 2.28. The monoisotopic (exact) mass is 273 g/mol. The molecule has 2 N–H and O–H groups in total. The summed E-state index contributed by atoms with van der Waals surface area (Å²) in [6, 6.07) is 3.40. The first-order chi connectivity index (χ1) is 8.67. The predicted octanol–water partition coefficient (Wildman–Crippen LogP) is 1.99. The van der Waals surface area contributed by atoms with Crippen molar-refractivity contribution in [2.45, 2.75) is 6.54 Å². The zero-order chi connectivity index (χ0) is 13.4. The van der Waals surface area contributed by atoms with Crippen molar-refractivity contribution < 1.29 is 8.78 Å². The van der Waals surface area contributed by atoms with Gasteiger partial charge in [-0.2, -0.15) is 11.8 Å². The average Bonchev–Trinajstić information content (AvgIpc) is 2.37. The Bertz CT molecular complexity index is 410. The van der Waals surface area contributed by atoms with Crippen molar-refractivity contribution in [3.8, 4) is 0 Å². The van der Waals surface area contributed by atoms with Gasteiger partial charge in [0.05, 0.1) is 0 Å². The van der Waals surface area contributed by atoms with Crippen LogP contribution in [-0.2, 0) is 6.54 Å². The Balaban J connectivity index is 2.49. The van der Waals surface area contributed by atoms with Gasteiger partial charge in [0.1, 0.15) is 11.6 Å². The highest BCUT2D eigenvalue weighted by molar-refractivity contribution is 7.98. The lowest BCUT2D eigenvalue weighted by Crippen LogP contribution is -2.38. The topological polar surface area (TPSA) is 36.4 Å². The minimum atomic E-state index is -0.446. The SMILES string of the molecule is CN=C(NCCSC)NCc1cc(F)ccc1F. The molecule has 0 atom stereocenters. The van der Waals surface area contributed by atoms with Gasteiger partial charge in [-0.3, -0.25) is 4.99 Å². The summed E-state index contributed by atoms with van der Waals surface area (Å²) < 4.78 is 26.3. The summed E-state index contributed by atoms with van der Waals surface area (Å²) in [5.41, 5.74) is 0.280. The summed E-state index contributed by atoms with van der Waals surface area (Å²) in [5.74, 6) is 0.657. The summed E-state index contributed by atoms with van der Waals surface area (Å²) >= 11 is 1.72. The van der Waals surface area contributed by atoms with Crippen LogP contribution in [0.25, 0.3) is 0 Å². The van der Waals surface area contributed by atoms with Crippen LogP contribution >= 0.6 is 11.8 Å². The molecular formula is C12H17F2N3S. The van der Waals surface area contributed by atoms with Gasteiger partial charge in [0.2, 0.25) is 0 Å². The summed E-state index contributed by atoms with van der Waals surface area (Å²) in [4.78, 5) is 4.00. The molecule has 0 saturated heterocycles. The van der Waals surface area contributed by atoms with E-state index in [-0.39, 0.29) is 12.1 Å². The van der Waals surface area contributed by atoms with Crippen molar-refractivity contribution >= 4 is 17.7 Å². The molecular weight excluding hydrogens is 256 g/mol. The third-order valence-corrected chi connectivity index (χ3v) is 2.89. The van der Waals surface area contributed by atoms with Crippen LogP contribution < -0.4 is 10.6 Å². The number of benzene rings is 1. The number of aliphatic imine (C=N–C) groups is 1. The van der Waals surface area contributed by atoms with E-state index < -0.39 is 11.6 Å². The number of hydrogen-bond donors (Lipinski definition) is 2. The molecule has 1 rings (SSSR count). The van der Waals surface area contributed by atoms with Crippen molar-refractivity contribution in [3.05, 3.63) is 35.4 Å². The van der Waals surface area contributed by atoms with Crippen molar-refractivity contribution in [1.29, 1.82) is 0 Å². The highest BCUT2D eigenvalue weighted by Gasteiger charge is 2.04. The number of hydrogen-bond acceptors (Lipinski definition) is 2. The first-order valence-electron chi connectivity index (χ1n) is 5.54. The molecule has 0 bridgehead atoms. The van der Waals surface area contributed by atoms with Gasteiger partial charge in [-0.05, 0) is 24.5 Å². The van der Waals surface area contributed by atoms with E-state index >= 15 is 0 Å². The molecule has 6 heteroatoms. The van der Waals surface area contributed by atoms with Gasteiger partial charge in [0.15, 0.2) is 5.96 Å². The van der Waals surface area contributed by atoms with Crippen molar-refractivity contribution in [3.63, 3.8) is 0 Å². The molecule has 0 aliphatic rings. The van der Waals surface area contributed by atoms with Crippen LogP contribution in [0.4, 0.5) is 8.78 Å². The van der Waals surface area contributed by atoms with Gasteiger partial charge in [-0.25, -0.2) is 8.78 Å². The Morgan fingerprint density at radius 1 is 1.33 bits per heavy atom. The van der Waals surface area contributed by atoms with Crippen molar-refractivity contribution in [1.82, 2.24) is 10.6 Å². The van der Waals surface area contributed by atoms with Crippen LogP contribution in [0.3, 0.4) is 0 Å². The lowest BCUT2D eigenvalue weighted by molar-refractivity contribution is 0.581. The lowest BCUT2D eigenvalue weighted by Gasteiger charge is -2.11. The lowest BCUT2D eigenvalue weighted by atomic mass is 10.2. The molecule has 1 aromatic carbocycles. The molecule has 0 heterocycles. The molecule has 3 nitrogen and oxygen atoms in total. The zero-order valence-electron chi connectivity index (χ0n) is 10.5. The van der Waals surface area contributed by atoms with E-state index in [0.29, 0.717) is 5.96 Å². The van der Waals surface area contributed by atoms with Crippen LogP contribution in [0.1, 0.15) is 5.56 Å². The van der Waals surface area contributed by atoms with Crippen LogP contribution in [0, 0.1) is 11.6 Å². The van der Waals surface area contributed by atoms with E-state index in [1.54, 1.807) is 18.8 Å². The number of nitrogens with one attached hydrogen (secondary N) is 2. The fourth-order valence-corrected chi connectivity index (χ4v) is 1.66. The minimum Gasteiger partial charge on any atom is -0.356 e.